The molecule has 0 aliphatic heterocycles. The number of rotatable bonds is 4. The Balaban J connectivity index is 1.65. The van der Waals surface area contributed by atoms with Crippen LogP contribution < -0.4 is 10.1 Å². The second-order valence-corrected chi connectivity index (χ2v) is 4.73. The summed E-state index contributed by atoms with van der Waals surface area (Å²) in [6.45, 7) is 1.94. The Morgan fingerprint density at radius 3 is 3.05 bits per heavy atom. The van der Waals surface area contributed by atoms with Crippen molar-refractivity contribution in [1.82, 2.24) is 9.38 Å². The third-order valence-electron chi connectivity index (χ3n) is 3.05. The van der Waals surface area contributed by atoms with Crippen LogP contribution in [0, 0.1) is 6.92 Å². The number of benzene rings is 1. The van der Waals surface area contributed by atoms with Gasteiger partial charge < -0.3 is 14.5 Å². The van der Waals surface area contributed by atoms with Gasteiger partial charge in [0, 0.05) is 18.6 Å². The van der Waals surface area contributed by atoms with Crippen LogP contribution in [0.3, 0.4) is 0 Å². The van der Waals surface area contributed by atoms with Crippen molar-refractivity contribution in [3.63, 3.8) is 0 Å². The van der Waals surface area contributed by atoms with Crippen LogP contribution in [0.15, 0.2) is 55.0 Å². The highest BCUT2D eigenvalue weighted by Gasteiger charge is 2.07. The fourth-order valence-corrected chi connectivity index (χ4v) is 2.09. The lowest BCUT2D eigenvalue weighted by Gasteiger charge is -2.08. The van der Waals surface area contributed by atoms with Crippen molar-refractivity contribution in [2.45, 2.75) is 6.92 Å². The molecular formula is C16H15N3O2. The Bertz CT molecular complexity index is 780. The lowest BCUT2D eigenvalue weighted by atomic mass is 10.2. The molecule has 0 spiro atoms. The molecule has 0 unspecified atom stereocenters. The number of carbonyl (C=O) groups excluding carboxylic acids is 1. The van der Waals surface area contributed by atoms with Gasteiger partial charge in [0.05, 0.1) is 5.69 Å². The van der Waals surface area contributed by atoms with Crippen LogP contribution in [-0.2, 0) is 4.79 Å². The molecule has 3 rings (SSSR count). The van der Waals surface area contributed by atoms with E-state index < -0.39 is 0 Å². The molecule has 0 fully saturated rings. The van der Waals surface area contributed by atoms with Gasteiger partial charge in [0.25, 0.3) is 5.91 Å². The van der Waals surface area contributed by atoms with Gasteiger partial charge in [-0.05, 0) is 36.8 Å². The molecule has 5 nitrogen and oxygen atoms in total. The van der Waals surface area contributed by atoms with Gasteiger partial charge in [-0.15, -0.1) is 0 Å². The number of hydrogen-bond acceptors (Lipinski definition) is 3. The molecule has 3 aromatic rings. The maximum absolute atomic E-state index is 12.0. The number of imidazole rings is 1. The van der Waals surface area contributed by atoms with E-state index in [1.54, 1.807) is 6.20 Å². The molecule has 0 radical (unpaired) electrons. The quantitative estimate of drug-likeness (QED) is 0.800. The molecule has 0 atom stereocenters. The minimum atomic E-state index is -0.215. The second-order valence-electron chi connectivity index (χ2n) is 4.73. The zero-order valence-electron chi connectivity index (χ0n) is 11.6. The van der Waals surface area contributed by atoms with Gasteiger partial charge in [-0.3, -0.25) is 4.79 Å². The van der Waals surface area contributed by atoms with Crippen molar-refractivity contribution in [3.8, 4) is 5.75 Å². The van der Waals surface area contributed by atoms with Crippen molar-refractivity contribution in [1.29, 1.82) is 0 Å². The predicted octanol–water partition coefficient (Wildman–Crippen LogP) is 2.66. The first kappa shape index (κ1) is 13.2. The highest BCUT2D eigenvalue weighted by molar-refractivity contribution is 5.95. The molecule has 0 aliphatic carbocycles. The minimum absolute atomic E-state index is 0.0365. The smallest absolute Gasteiger partial charge is 0.262 e. The summed E-state index contributed by atoms with van der Waals surface area (Å²) in [4.78, 5) is 16.2. The highest BCUT2D eigenvalue weighted by Crippen LogP contribution is 2.15. The third-order valence-corrected chi connectivity index (χ3v) is 3.05. The normalized spacial score (nSPS) is 10.5. The van der Waals surface area contributed by atoms with Crippen molar-refractivity contribution in [2.24, 2.45) is 0 Å². The number of anilines is 1. The number of ether oxygens (including phenoxy) is 1. The van der Waals surface area contributed by atoms with Gasteiger partial charge in [-0.25, -0.2) is 4.98 Å². The summed E-state index contributed by atoms with van der Waals surface area (Å²) in [6, 6.07) is 11.3. The summed E-state index contributed by atoms with van der Waals surface area (Å²) in [5.74, 6) is 0.469. The fourth-order valence-electron chi connectivity index (χ4n) is 2.09. The van der Waals surface area contributed by atoms with Crippen LogP contribution in [0.1, 0.15) is 5.56 Å². The number of aryl methyl sites for hydroxylation is 1. The molecule has 1 amide bonds. The number of nitrogens with zero attached hydrogens (tertiary/aromatic N) is 2. The van der Waals surface area contributed by atoms with E-state index in [2.05, 4.69) is 10.3 Å². The molecule has 1 aromatic carbocycles. The van der Waals surface area contributed by atoms with Gasteiger partial charge >= 0.3 is 0 Å². The first-order valence-corrected chi connectivity index (χ1v) is 6.63. The maximum atomic E-state index is 12.0. The minimum Gasteiger partial charge on any atom is -0.484 e. The van der Waals surface area contributed by atoms with E-state index in [0.29, 0.717) is 17.1 Å². The van der Waals surface area contributed by atoms with Gasteiger partial charge in [0.15, 0.2) is 12.3 Å². The largest absolute Gasteiger partial charge is 0.484 e. The zero-order valence-corrected chi connectivity index (χ0v) is 11.6. The number of amides is 1. The fraction of sp³-hybridized carbons (Fsp3) is 0.125. The van der Waals surface area contributed by atoms with Crippen molar-refractivity contribution in [2.75, 3.05) is 11.9 Å². The Morgan fingerprint density at radius 1 is 1.29 bits per heavy atom. The summed E-state index contributed by atoms with van der Waals surface area (Å²) in [6.07, 6.45) is 5.39. The number of fused-ring (bicyclic) bond motifs is 1. The molecule has 0 saturated carbocycles. The summed E-state index contributed by atoms with van der Waals surface area (Å²) in [5.41, 5.74) is 2.47. The summed E-state index contributed by atoms with van der Waals surface area (Å²) >= 11 is 0. The summed E-state index contributed by atoms with van der Waals surface area (Å²) in [5, 5.41) is 2.81. The number of carbonyl (C=O) groups is 1. The molecule has 0 aliphatic rings. The van der Waals surface area contributed by atoms with Crippen LogP contribution in [0.4, 0.5) is 5.69 Å². The average molecular weight is 281 g/mol. The van der Waals surface area contributed by atoms with E-state index in [-0.39, 0.29) is 12.5 Å². The molecule has 1 N–H and O–H groups in total. The Kier molecular flexibility index (Phi) is 3.55. The lowest BCUT2D eigenvalue weighted by molar-refractivity contribution is -0.118. The van der Waals surface area contributed by atoms with E-state index in [9.17, 15) is 4.79 Å². The Labute approximate surface area is 122 Å². The average Bonchev–Trinajstić information content (AvgIpc) is 2.95. The van der Waals surface area contributed by atoms with Crippen LogP contribution in [0.2, 0.25) is 0 Å². The molecular weight excluding hydrogens is 266 g/mol. The number of pyridine rings is 1. The molecule has 0 saturated heterocycles. The first-order chi connectivity index (χ1) is 10.2. The number of aromatic nitrogens is 2. The van der Waals surface area contributed by atoms with Crippen molar-refractivity contribution < 1.29 is 9.53 Å². The predicted molar refractivity (Wildman–Crippen MR) is 80.5 cm³/mol. The van der Waals surface area contributed by atoms with Crippen LogP contribution in [0.5, 0.6) is 5.75 Å². The Hall–Kier alpha value is -2.82. The van der Waals surface area contributed by atoms with E-state index in [1.807, 2.05) is 60.1 Å². The maximum Gasteiger partial charge on any atom is 0.262 e. The van der Waals surface area contributed by atoms with Gasteiger partial charge in [0.1, 0.15) is 5.75 Å². The summed E-state index contributed by atoms with van der Waals surface area (Å²) in [7, 11) is 0. The molecule has 21 heavy (non-hydrogen) atoms. The standard InChI is InChI=1S/C16H15N3O2/c1-12-4-2-5-13(10-12)21-11-15(20)18-14-6-3-8-19-9-7-17-16(14)19/h2-10H,11H2,1H3,(H,18,20). The van der Waals surface area contributed by atoms with E-state index >= 15 is 0 Å². The molecule has 106 valence electrons. The van der Waals surface area contributed by atoms with E-state index in [0.717, 1.165) is 5.56 Å². The van der Waals surface area contributed by atoms with Crippen LogP contribution >= 0.6 is 0 Å². The van der Waals surface area contributed by atoms with Gasteiger partial charge in [-0.1, -0.05) is 12.1 Å². The Morgan fingerprint density at radius 2 is 2.19 bits per heavy atom. The SMILES string of the molecule is Cc1cccc(OCC(=O)Nc2cccn3ccnc23)c1. The lowest BCUT2D eigenvalue weighted by Crippen LogP contribution is -2.20. The summed E-state index contributed by atoms with van der Waals surface area (Å²) < 4.78 is 7.32. The molecule has 2 aromatic heterocycles. The monoisotopic (exact) mass is 281 g/mol. The number of hydrogen-bond donors (Lipinski definition) is 1. The molecule has 0 bridgehead atoms. The highest BCUT2D eigenvalue weighted by atomic mass is 16.5. The van der Waals surface area contributed by atoms with Gasteiger partial charge in [-0.2, -0.15) is 0 Å². The topological polar surface area (TPSA) is 55.6 Å². The third kappa shape index (κ3) is 3.02. The van der Waals surface area contributed by atoms with Crippen molar-refractivity contribution >= 4 is 17.2 Å². The molecule has 2 heterocycles. The van der Waals surface area contributed by atoms with Crippen molar-refractivity contribution in [3.05, 3.63) is 60.6 Å². The van der Waals surface area contributed by atoms with E-state index in [1.165, 1.54) is 0 Å². The first-order valence-electron chi connectivity index (χ1n) is 6.63. The van der Waals surface area contributed by atoms with Crippen LogP contribution in [0.25, 0.3) is 5.65 Å². The van der Waals surface area contributed by atoms with Crippen LogP contribution in [-0.4, -0.2) is 21.9 Å². The van der Waals surface area contributed by atoms with Gasteiger partial charge in [0.2, 0.25) is 0 Å². The number of nitrogens with one attached hydrogen (secondary N) is 1. The second kappa shape index (κ2) is 5.66. The molecule has 5 heteroatoms. The zero-order chi connectivity index (χ0) is 14.7. The van der Waals surface area contributed by atoms with E-state index in [4.69, 9.17) is 4.74 Å².